The van der Waals surface area contributed by atoms with Gasteiger partial charge in [0.05, 0.1) is 6.04 Å². The first-order valence-corrected chi connectivity index (χ1v) is 6.95. The van der Waals surface area contributed by atoms with Gasteiger partial charge in [0.15, 0.2) is 4.67 Å². The van der Waals surface area contributed by atoms with Crippen molar-refractivity contribution in [3.05, 3.63) is 22.6 Å². The fourth-order valence-electron chi connectivity index (χ4n) is 1.70. The van der Waals surface area contributed by atoms with Gasteiger partial charge in [-0.25, -0.2) is 0 Å². The summed E-state index contributed by atoms with van der Waals surface area (Å²) in [7, 11) is 0. The summed E-state index contributed by atoms with van der Waals surface area (Å²) in [5.41, 5.74) is 0. The van der Waals surface area contributed by atoms with Crippen LogP contribution < -0.4 is 5.32 Å². The predicted molar refractivity (Wildman–Crippen MR) is 71.5 cm³/mol. The third kappa shape index (κ3) is 4.30. The normalized spacial score (nSPS) is 15.0. The van der Waals surface area contributed by atoms with Crippen molar-refractivity contribution in [3.8, 4) is 0 Å². The zero-order valence-corrected chi connectivity index (χ0v) is 12.0. The zero-order chi connectivity index (χ0) is 12.0. The Kier molecular flexibility index (Phi) is 6.14. The fraction of sp³-hybridized carbons (Fsp3) is 0.692. The molecule has 0 spiro atoms. The lowest BCUT2D eigenvalue weighted by molar-refractivity contribution is 0.342. The van der Waals surface area contributed by atoms with Crippen LogP contribution >= 0.6 is 15.9 Å². The summed E-state index contributed by atoms with van der Waals surface area (Å²) in [5.74, 6) is 1.76. The first-order chi connectivity index (χ1) is 7.67. The SMILES string of the molecule is CCCNC(CC(C)CC)c1ccc(Br)o1. The Hall–Kier alpha value is -0.280. The quantitative estimate of drug-likeness (QED) is 0.798. The summed E-state index contributed by atoms with van der Waals surface area (Å²) >= 11 is 3.36. The zero-order valence-electron chi connectivity index (χ0n) is 10.4. The van der Waals surface area contributed by atoms with E-state index in [1.54, 1.807) is 0 Å². The maximum atomic E-state index is 5.64. The number of hydrogen-bond acceptors (Lipinski definition) is 2. The van der Waals surface area contributed by atoms with E-state index >= 15 is 0 Å². The second-order valence-electron chi connectivity index (χ2n) is 4.40. The van der Waals surface area contributed by atoms with Crippen LogP contribution in [0.2, 0.25) is 0 Å². The molecule has 0 radical (unpaired) electrons. The molecule has 0 aliphatic carbocycles. The van der Waals surface area contributed by atoms with Crippen molar-refractivity contribution in [2.24, 2.45) is 5.92 Å². The number of furan rings is 1. The van der Waals surface area contributed by atoms with Gasteiger partial charge in [-0.05, 0) is 53.4 Å². The van der Waals surface area contributed by atoms with Crippen molar-refractivity contribution in [1.82, 2.24) is 5.32 Å². The number of hydrogen-bond donors (Lipinski definition) is 1. The Bertz CT molecular complexity index is 298. The van der Waals surface area contributed by atoms with Crippen LogP contribution in [0.4, 0.5) is 0 Å². The molecule has 1 rings (SSSR count). The van der Waals surface area contributed by atoms with Crippen molar-refractivity contribution < 1.29 is 4.42 Å². The summed E-state index contributed by atoms with van der Waals surface area (Å²) in [6.07, 6.45) is 3.50. The Morgan fingerprint density at radius 1 is 1.38 bits per heavy atom. The summed E-state index contributed by atoms with van der Waals surface area (Å²) in [6.45, 7) is 7.75. The molecule has 2 unspecified atom stereocenters. The van der Waals surface area contributed by atoms with Crippen molar-refractivity contribution >= 4 is 15.9 Å². The molecule has 1 aromatic rings. The smallest absolute Gasteiger partial charge is 0.169 e. The number of nitrogens with one attached hydrogen (secondary N) is 1. The first kappa shape index (κ1) is 13.8. The van der Waals surface area contributed by atoms with Gasteiger partial charge in [0.25, 0.3) is 0 Å². The molecule has 1 N–H and O–H groups in total. The highest BCUT2D eigenvalue weighted by Gasteiger charge is 2.16. The van der Waals surface area contributed by atoms with E-state index in [0.717, 1.165) is 35.7 Å². The van der Waals surface area contributed by atoms with E-state index < -0.39 is 0 Å². The van der Waals surface area contributed by atoms with E-state index in [0.29, 0.717) is 6.04 Å². The molecule has 16 heavy (non-hydrogen) atoms. The lowest BCUT2D eigenvalue weighted by Crippen LogP contribution is -2.23. The highest BCUT2D eigenvalue weighted by molar-refractivity contribution is 9.10. The predicted octanol–water partition coefficient (Wildman–Crippen LogP) is 4.52. The maximum absolute atomic E-state index is 5.64. The monoisotopic (exact) mass is 287 g/mol. The van der Waals surface area contributed by atoms with Crippen LogP contribution in [0, 0.1) is 5.92 Å². The van der Waals surface area contributed by atoms with Crippen molar-refractivity contribution in [2.45, 2.75) is 46.1 Å². The molecule has 0 bridgehead atoms. The third-order valence-corrected chi connectivity index (χ3v) is 3.34. The number of rotatable bonds is 7. The van der Waals surface area contributed by atoms with Gasteiger partial charge in [-0.15, -0.1) is 0 Å². The minimum atomic E-state index is 0.348. The van der Waals surface area contributed by atoms with Crippen LogP contribution in [0.1, 0.15) is 51.8 Å². The fourth-order valence-corrected chi connectivity index (χ4v) is 2.02. The molecule has 3 heteroatoms. The Morgan fingerprint density at radius 2 is 2.12 bits per heavy atom. The van der Waals surface area contributed by atoms with Crippen LogP contribution in [0.15, 0.2) is 21.2 Å². The molecular weight excluding hydrogens is 266 g/mol. The Labute approximate surface area is 107 Å². The van der Waals surface area contributed by atoms with Gasteiger partial charge < -0.3 is 9.73 Å². The van der Waals surface area contributed by atoms with E-state index in [1.165, 1.54) is 6.42 Å². The van der Waals surface area contributed by atoms with E-state index in [9.17, 15) is 0 Å². The summed E-state index contributed by atoms with van der Waals surface area (Å²) in [5, 5.41) is 3.55. The van der Waals surface area contributed by atoms with Gasteiger partial charge in [0.1, 0.15) is 5.76 Å². The molecule has 0 aromatic carbocycles. The number of halogens is 1. The molecule has 2 atom stereocenters. The average molecular weight is 288 g/mol. The molecule has 1 aromatic heterocycles. The van der Waals surface area contributed by atoms with Crippen LogP contribution in [0.5, 0.6) is 0 Å². The van der Waals surface area contributed by atoms with Crippen molar-refractivity contribution in [3.63, 3.8) is 0 Å². The molecule has 0 aliphatic rings. The largest absolute Gasteiger partial charge is 0.453 e. The minimum absolute atomic E-state index is 0.348. The lowest BCUT2D eigenvalue weighted by Gasteiger charge is -2.19. The highest BCUT2D eigenvalue weighted by Crippen LogP contribution is 2.26. The second kappa shape index (κ2) is 7.13. The van der Waals surface area contributed by atoms with Gasteiger partial charge in [0, 0.05) is 0 Å². The van der Waals surface area contributed by atoms with Gasteiger partial charge in [-0.1, -0.05) is 27.2 Å². The minimum Gasteiger partial charge on any atom is -0.453 e. The van der Waals surface area contributed by atoms with Gasteiger partial charge in [-0.3, -0.25) is 0 Å². The van der Waals surface area contributed by atoms with Gasteiger partial charge in [0.2, 0.25) is 0 Å². The van der Waals surface area contributed by atoms with Crippen molar-refractivity contribution in [2.75, 3.05) is 6.54 Å². The molecule has 1 heterocycles. The van der Waals surface area contributed by atoms with Gasteiger partial charge >= 0.3 is 0 Å². The molecule has 0 amide bonds. The Morgan fingerprint density at radius 3 is 2.62 bits per heavy atom. The van der Waals surface area contributed by atoms with E-state index in [1.807, 2.05) is 6.07 Å². The molecular formula is C13H22BrNO. The molecule has 2 nitrogen and oxygen atoms in total. The lowest BCUT2D eigenvalue weighted by atomic mass is 9.98. The average Bonchev–Trinajstić information content (AvgIpc) is 2.70. The standard InChI is InChI=1S/C13H22BrNO/c1-4-8-15-11(9-10(3)5-2)12-6-7-13(14)16-12/h6-7,10-11,15H,4-5,8-9H2,1-3H3. The highest BCUT2D eigenvalue weighted by atomic mass is 79.9. The van der Waals surface area contributed by atoms with Crippen LogP contribution in [-0.2, 0) is 0 Å². The first-order valence-electron chi connectivity index (χ1n) is 6.16. The maximum Gasteiger partial charge on any atom is 0.169 e. The van der Waals surface area contributed by atoms with E-state index in [-0.39, 0.29) is 0 Å². The van der Waals surface area contributed by atoms with Crippen LogP contribution in [0.3, 0.4) is 0 Å². The van der Waals surface area contributed by atoms with Crippen LogP contribution in [-0.4, -0.2) is 6.54 Å². The molecule has 0 saturated carbocycles. The van der Waals surface area contributed by atoms with Crippen LogP contribution in [0.25, 0.3) is 0 Å². The van der Waals surface area contributed by atoms with E-state index in [2.05, 4.69) is 48.1 Å². The topological polar surface area (TPSA) is 25.2 Å². The molecule has 0 aliphatic heterocycles. The Balaban J connectivity index is 2.62. The molecule has 0 fully saturated rings. The summed E-state index contributed by atoms with van der Waals surface area (Å²) < 4.78 is 6.46. The third-order valence-electron chi connectivity index (χ3n) is 2.91. The molecule has 0 saturated heterocycles. The van der Waals surface area contributed by atoms with Crippen molar-refractivity contribution in [1.29, 1.82) is 0 Å². The van der Waals surface area contributed by atoms with Gasteiger partial charge in [-0.2, -0.15) is 0 Å². The summed E-state index contributed by atoms with van der Waals surface area (Å²) in [6, 6.07) is 4.37. The van der Waals surface area contributed by atoms with E-state index in [4.69, 9.17) is 4.42 Å². The molecule has 92 valence electrons. The summed E-state index contributed by atoms with van der Waals surface area (Å²) in [4.78, 5) is 0. The second-order valence-corrected chi connectivity index (χ2v) is 5.18.